The van der Waals surface area contributed by atoms with Crippen LogP contribution in [-0.2, 0) is 16.4 Å². The molecule has 2 aromatic heterocycles. The summed E-state index contributed by atoms with van der Waals surface area (Å²) in [5.74, 6) is 0.401. The molecule has 158 valence electrons. The van der Waals surface area contributed by atoms with E-state index in [0.717, 1.165) is 35.5 Å². The van der Waals surface area contributed by atoms with Gasteiger partial charge in [-0.25, -0.2) is 8.42 Å². The number of aryl methyl sites for hydroxylation is 2. The predicted molar refractivity (Wildman–Crippen MR) is 115 cm³/mol. The summed E-state index contributed by atoms with van der Waals surface area (Å²) in [5.41, 5.74) is 3.60. The Balaban J connectivity index is 1.49. The van der Waals surface area contributed by atoms with Gasteiger partial charge in [-0.15, -0.1) is 0 Å². The van der Waals surface area contributed by atoms with Crippen LogP contribution >= 0.6 is 11.6 Å². The van der Waals surface area contributed by atoms with Crippen LogP contribution in [-0.4, -0.2) is 36.0 Å². The van der Waals surface area contributed by atoms with Gasteiger partial charge < -0.3 is 4.52 Å². The summed E-state index contributed by atoms with van der Waals surface area (Å²) < 4.78 is 32.9. The highest BCUT2D eigenvalue weighted by molar-refractivity contribution is 7.89. The summed E-state index contributed by atoms with van der Waals surface area (Å²) in [5, 5.41) is 4.53. The molecule has 30 heavy (non-hydrogen) atoms. The van der Waals surface area contributed by atoms with Crippen LogP contribution in [0, 0.1) is 13.8 Å². The average molecular weight is 446 g/mol. The maximum absolute atomic E-state index is 13.1. The first-order valence-corrected chi connectivity index (χ1v) is 11.8. The maximum atomic E-state index is 13.1. The molecule has 8 heteroatoms. The Hall–Kier alpha value is -2.22. The molecule has 3 heterocycles. The molecule has 1 saturated heterocycles. The van der Waals surface area contributed by atoms with Gasteiger partial charge in [0.1, 0.15) is 10.6 Å². The Kier molecular flexibility index (Phi) is 5.95. The van der Waals surface area contributed by atoms with Gasteiger partial charge in [-0.2, -0.15) is 4.31 Å². The van der Waals surface area contributed by atoms with Crippen molar-refractivity contribution in [1.29, 1.82) is 0 Å². The van der Waals surface area contributed by atoms with Crippen molar-refractivity contribution in [2.75, 3.05) is 13.1 Å². The van der Waals surface area contributed by atoms with Crippen molar-refractivity contribution >= 4 is 21.6 Å². The highest BCUT2D eigenvalue weighted by atomic mass is 35.5. The zero-order chi connectivity index (χ0) is 21.3. The van der Waals surface area contributed by atoms with Gasteiger partial charge in [-0.05, 0) is 62.4 Å². The number of hydrogen-bond acceptors (Lipinski definition) is 5. The summed E-state index contributed by atoms with van der Waals surface area (Å²) in [4.78, 5) is 4.84. The topological polar surface area (TPSA) is 76.3 Å². The fourth-order valence-electron chi connectivity index (χ4n) is 3.99. The lowest BCUT2D eigenvalue weighted by atomic mass is 9.95. The van der Waals surface area contributed by atoms with Crippen molar-refractivity contribution in [2.45, 2.75) is 43.9 Å². The van der Waals surface area contributed by atoms with Crippen molar-refractivity contribution in [3.8, 4) is 0 Å². The van der Waals surface area contributed by atoms with E-state index < -0.39 is 10.0 Å². The summed E-state index contributed by atoms with van der Waals surface area (Å²) in [6, 6.07) is 11.9. The Bertz CT molecular complexity index is 1110. The van der Waals surface area contributed by atoms with Crippen LogP contribution in [0.4, 0.5) is 0 Å². The van der Waals surface area contributed by atoms with E-state index in [-0.39, 0.29) is 10.8 Å². The first-order valence-electron chi connectivity index (χ1n) is 9.97. The third-order valence-electron chi connectivity index (χ3n) is 5.54. The number of pyridine rings is 1. The van der Waals surface area contributed by atoms with Gasteiger partial charge in [0.25, 0.3) is 0 Å². The van der Waals surface area contributed by atoms with E-state index >= 15 is 0 Å². The molecule has 1 fully saturated rings. The van der Waals surface area contributed by atoms with Crippen molar-refractivity contribution in [3.63, 3.8) is 0 Å². The smallest absolute Gasteiger partial charge is 0.248 e. The summed E-state index contributed by atoms with van der Waals surface area (Å²) in [6.07, 6.45) is 4.37. The lowest BCUT2D eigenvalue weighted by molar-refractivity contribution is 0.312. The van der Waals surface area contributed by atoms with E-state index in [1.807, 2.05) is 36.5 Å². The third kappa shape index (κ3) is 4.29. The zero-order valence-corrected chi connectivity index (χ0v) is 18.6. The standard InChI is InChI=1S/C22H24ClN3O3S/c1-15-22(16(2)29-25-15)30(27,28)26-11-3-4-19(14-26)21-10-7-18(13-24-21)12-17-5-8-20(23)9-6-17/h5-10,13,19H,3-4,11-12,14H2,1-2H3/t19-/m1/s1. The van der Waals surface area contributed by atoms with E-state index in [0.29, 0.717) is 24.5 Å². The van der Waals surface area contributed by atoms with Gasteiger partial charge in [0.15, 0.2) is 5.76 Å². The molecule has 0 bridgehead atoms. The van der Waals surface area contributed by atoms with E-state index in [2.05, 4.69) is 16.2 Å². The molecule has 6 nitrogen and oxygen atoms in total. The maximum Gasteiger partial charge on any atom is 0.248 e. The number of piperidine rings is 1. The van der Waals surface area contributed by atoms with Crippen molar-refractivity contribution in [1.82, 2.24) is 14.4 Å². The number of hydrogen-bond donors (Lipinski definition) is 0. The molecule has 3 aromatic rings. The van der Waals surface area contributed by atoms with E-state index in [9.17, 15) is 8.42 Å². The van der Waals surface area contributed by atoms with Crippen LogP contribution in [0.3, 0.4) is 0 Å². The molecule has 0 aliphatic carbocycles. The second-order valence-corrected chi connectivity index (χ2v) is 10.1. The molecule has 0 amide bonds. The third-order valence-corrected chi connectivity index (χ3v) is 7.90. The van der Waals surface area contributed by atoms with Crippen LogP contribution in [0.5, 0.6) is 0 Å². The summed E-state index contributed by atoms with van der Waals surface area (Å²) in [7, 11) is -3.63. The molecular formula is C22H24ClN3O3S. The SMILES string of the molecule is Cc1noc(C)c1S(=O)(=O)N1CCC[C@@H](c2ccc(Cc3ccc(Cl)cc3)cn2)C1. The highest BCUT2D eigenvalue weighted by Crippen LogP contribution is 2.31. The first-order chi connectivity index (χ1) is 14.3. The van der Waals surface area contributed by atoms with Crippen LogP contribution < -0.4 is 0 Å². The quantitative estimate of drug-likeness (QED) is 0.577. The number of sulfonamides is 1. The second kappa shape index (κ2) is 8.49. The fourth-order valence-corrected chi connectivity index (χ4v) is 5.94. The molecule has 1 aliphatic heterocycles. The molecule has 4 rings (SSSR count). The van der Waals surface area contributed by atoms with E-state index in [4.69, 9.17) is 16.1 Å². The molecule has 0 saturated carbocycles. The van der Waals surface area contributed by atoms with Crippen LogP contribution in [0.2, 0.25) is 5.02 Å². The van der Waals surface area contributed by atoms with Gasteiger partial charge in [0.2, 0.25) is 10.0 Å². The van der Waals surface area contributed by atoms with Gasteiger partial charge >= 0.3 is 0 Å². The Morgan fingerprint density at radius 3 is 2.50 bits per heavy atom. The predicted octanol–water partition coefficient (Wildman–Crippen LogP) is 4.50. The van der Waals surface area contributed by atoms with Crippen molar-refractivity contribution in [2.24, 2.45) is 0 Å². The van der Waals surface area contributed by atoms with Gasteiger partial charge in [-0.3, -0.25) is 4.98 Å². The normalized spacial score (nSPS) is 17.9. The molecule has 1 aliphatic rings. The minimum Gasteiger partial charge on any atom is -0.360 e. The monoisotopic (exact) mass is 445 g/mol. The van der Waals surface area contributed by atoms with Crippen molar-refractivity contribution in [3.05, 3.63) is 75.9 Å². The summed E-state index contributed by atoms with van der Waals surface area (Å²) >= 11 is 5.95. The Labute approximate surface area is 181 Å². The number of nitrogens with zero attached hydrogens (tertiary/aromatic N) is 3. The van der Waals surface area contributed by atoms with Crippen molar-refractivity contribution < 1.29 is 12.9 Å². The van der Waals surface area contributed by atoms with Crippen LogP contribution in [0.25, 0.3) is 0 Å². The molecular weight excluding hydrogens is 422 g/mol. The van der Waals surface area contributed by atoms with Gasteiger partial charge in [0.05, 0.1) is 0 Å². The lowest BCUT2D eigenvalue weighted by Gasteiger charge is -2.31. The van der Waals surface area contributed by atoms with Crippen LogP contribution in [0.15, 0.2) is 52.0 Å². The largest absolute Gasteiger partial charge is 0.360 e. The molecule has 1 aromatic carbocycles. The highest BCUT2D eigenvalue weighted by Gasteiger charge is 2.35. The Morgan fingerprint density at radius 1 is 1.13 bits per heavy atom. The number of benzene rings is 1. The minimum atomic E-state index is -3.63. The van der Waals surface area contributed by atoms with Gasteiger partial charge in [-0.1, -0.05) is 35.0 Å². The molecule has 0 radical (unpaired) electrons. The number of halogens is 1. The molecule has 0 N–H and O–H groups in total. The van der Waals surface area contributed by atoms with E-state index in [1.165, 1.54) is 9.87 Å². The molecule has 1 atom stereocenters. The molecule has 0 unspecified atom stereocenters. The van der Waals surface area contributed by atoms with E-state index in [1.54, 1.807) is 13.8 Å². The zero-order valence-electron chi connectivity index (χ0n) is 17.0. The second-order valence-electron chi connectivity index (χ2n) is 7.75. The summed E-state index contributed by atoms with van der Waals surface area (Å²) in [6.45, 7) is 4.20. The van der Waals surface area contributed by atoms with Crippen LogP contribution in [0.1, 0.15) is 47.0 Å². The Morgan fingerprint density at radius 2 is 1.87 bits per heavy atom. The molecule has 0 spiro atoms. The fraction of sp³-hybridized carbons (Fsp3) is 0.364. The first kappa shape index (κ1) is 21.0. The average Bonchev–Trinajstić information content (AvgIpc) is 3.09. The number of rotatable bonds is 5. The minimum absolute atomic E-state index is 0.0681. The van der Waals surface area contributed by atoms with Gasteiger partial charge in [0, 0.05) is 35.9 Å². The number of aromatic nitrogens is 2. The lowest BCUT2D eigenvalue weighted by Crippen LogP contribution is -2.39.